The molecule has 2 aromatic heterocycles. The summed E-state index contributed by atoms with van der Waals surface area (Å²) >= 11 is 7.68. The number of aromatic nitrogens is 1. The number of nitrogens with zero attached hydrogens (tertiary/aromatic N) is 4. The molecule has 0 N–H and O–H groups in total. The van der Waals surface area contributed by atoms with E-state index in [9.17, 15) is 13.2 Å². The molecule has 11 heteroatoms. The molecule has 1 aliphatic carbocycles. The maximum Gasteiger partial charge on any atom is 0.269 e. The lowest BCUT2D eigenvalue weighted by Gasteiger charge is -2.29. The Hall–Kier alpha value is -2.50. The third-order valence-corrected chi connectivity index (χ3v) is 11.7. The van der Waals surface area contributed by atoms with Crippen molar-refractivity contribution >= 4 is 50.4 Å². The number of hydrogen-bond donors (Lipinski definition) is 0. The fourth-order valence-corrected chi connectivity index (χ4v) is 8.56. The molecule has 3 aliphatic rings. The zero-order valence-corrected chi connectivity index (χ0v) is 25.9. The number of sulfonamides is 1. The summed E-state index contributed by atoms with van der Waals surface area (Å²) < 4.78 is 33.9. The summed E-state index contributed by atoms with van der Waals surface area (Å²) in [5.74, 6) is 1.35. The second-order valence-corrected chi connectivity index (χ2v) is 15.3. The number of morpholine rings is 1. The average molecular weight is 615 g/mol. The van der Waals surface area contributed by atoms with Gasteiger partial charge in [0.15, 0.2) is 0 Å². The van der Waals surface area contributed by atoms with Crippen LogP contribution in [0.4, 0.5) is 11.5 Å². The highest BCUT2D eigenvalue weighted by atomic mass is 35.5. The number of benzene rings is 1. The standard InChI is InChI=1S/C30H35ClN4O4S2/c1-30(2,3)20-4-7-22(8-5-20)41(37,38)34-17-23-24(18-34)25(23)19-35(29(36)28-26(31)10-15-40-28)21-6-9-27(32-16-21)33-11-13-39-14-12-33/h4-10,15-16,23-25H,11-14,17-19H2,1-3H3. The number of pyridine rings is 1. The van der Waals surface area contributed by atoms with E-state index in [-0.39, 0.29) is 29.1 Å². The summed E-state index contributed by atoms with van der Waals surface area (Å²) in [5, 5.41) is 2.25. The number of halogens is 1. The van der Waals surface area contributed by atoms with Gasteiger partial charge in [0, 0.05) is 32.7 Å². The Balaban J connectivity index is 1.16. The lowest BCUT2D eigenvalue weighted by molar-refractivity contribution is 0.0988. The van der Waals surface area contributed by atoms with Gasteiger partial charge in [0.25, 0.3) is 5.91 Å². The van der Waals surface area contributed by atoms with Crippen molar-refractivity contribution in [2.45, 2.75) is 31.1 Å². The average Bonchev–Trinajstić information content (AvgIpc) is 3.26. The van der Waals surface area contributed by atoms with Gasteiger partial charge in [-0.2, -0.15) is 4.31 Å². The number of hydrogen-bond acceptors (Lipinski definition) is 7. The van der Waals surface area contributed by atoms with Crippen molar-refractivity contribution in [3.8, 4) is 0 Å². The first-order valence-corrected chi connectivity index (χ1v) is 16.7. The minimum Gasteiger partial charge on any atom is -0.378 e. The third-order valence-electron chi connectivity index (χ3n) is 8.52. The van der Waals surface area contributed by atoms with Crippen molar-refractivity contribution in [1.82, 2.24) is 9.29 Å². The maximum atomic E-state index is 13.7. The van der Waals surface area contributed by atoms with Gasteiger partial charge in [-0.1, -0.05) is 44.5 Å². The molecular formula is C30H35ClN4O4S2. The first kappa shape index (κ1) is 28.6. The number of rotatable bonds is 7. The van der Waals surface area contributed by atoms with Crippen molar-refractivity contribution in [3.05, 3.63) is 69.5 Å². The minimum absolute atomic E-state index is 0.0419. The van der Waals surface area contributed by atoms with Crippen LogP contribution >= 0.6 is 22.9 Å². The molecule has 2 saturated heterocycles. The zero-order valence-electron chi connectivity index (χ0n) is 23.5. The number of piperidine rings is 1. The van der Waals surface area contributed by atoms with Crippen molar-refractivity contribution in [2.75, 3.05) is 55.7 Å². The van der Waals surface area contributed by atoms with Gasteiger partial charge in [-0.25, -0.2) is 13.4 Å². The molecule has 1 aromatic carbocycles. The number of fused-ring (bicyclic) bond motifs is 1. The van der Waals surface area contributed by atoms with Gasteiger partial charge in [-0.15, -0.1) is 11.3 Å². The third kappa shape index (κ3) is 5.64. The van der Waals surface area contributed by atoms with Crippen molar-refractivity contribution in [3.63, 3.8) is 0 Å². The molecule has 0 radical (unpaired) electrons. The molecule has 2 aliphatic heterocycles. The summed E-state index contributed by atoms with van der Waals surface area (Å²) in [6.07, 6.45) is 1.75. The van der Waals surface area contributed by atoms with Gasteiger partial charge >= 0.3 is 0 Å². The molecule has 41 heavy (non-hydrogen) atoms. The van der Waals surface area contributed by atoms with Crippen molar-refractivity contribution < 1.29 is 17.9 Å². The summed E-state index contributed by atoms with van der Waals surface area (Å²) in [5.41, 5.74) is 1.77. The normalized spacial score (nSPS) is 22.9. The maximum absolute atomic E-state index is 13.7. The van der Waals surface area contributed by atoms with Gasteiger partial charge in [-0.05, 0) is 64.4 Å². The van der Waals surface area contributed by atoms with E-state index in [1.165, 1.54) is 11.3 Å². The Morgan fingerprint density at radius 3 is 2.32 bits per heavy atom. The Bertz CT molecular complexity index is 1500. The fraction of sp³-hybridized carbons (Fsp3) is 0.467. The Labute approximate surface area is 250 Å². The van der Waals surface area contributed by atoms with Crippen LogP contribution in [0.25, 0.3) is 0 Å². The van der Waals surface area contributed by atoms with E-state index in [0.29, 0.717) is 53.3 Å². The number of thiophene rings is 1. The van der Waals surface area contributed by atoms with Gasteiger partial charge in [0.1, 0.15) is 10.7 Å². The van der Waals surface area contributed by atoms with Crippen LogP contribution in [0.2, 0.25) is 5.02 Å². The summed E-state index contributed by atoms with van der Waals surface area (Å²) in [6, 6.07) is 12.9. The van der Waals surface area contributed by atoms with Gasteiger partial charge in [0.05, 0.1) is 35.0 Å². The van der Waals surface area contributed by atoms with Crippen LogP contribution in [0, 0.1) is 17.8 Å². The molecule has 218 valence electrons. The molecule has 2 unspecified atom stereocenters. The molecule has 8 nitrogen and oxygen atoms in total. The van der Waals surface area contributed by atoms with Crippen LogP contribution in [-0.2, 0) is 20.2 Å². The molecule has 2 atom stereocenters. The first-order valence-electron chi connectivity index (χ1n) is 14.0. The van der Waals surface area contributed by atoms with E-state index in [2.05, 4.69) is 30.7 Å². The topological polar surface area (TPSA) is 83.1 Å². The van der Waals surface area contributed by atoms with Crippen LogP contribution in [0.15, 0.2) is 58.9 Å². The molecular weight excluding hydrogens is 580 g/mol. The molecule has 6 rings (SSSR count). The molecule has 3 aromatic rings. The van der Waals surface area contributed by atoms with E-state index in [0.717, 1.165) is 24.5 Å². The highest BCUT2D eigenvalue weighted by Gasteiger charge is 2.58. The molecule has 0 bridgehead atoms. The van der Waals surface area contributed by atoms with Crippen LogP contribution in [-0.4, -0.2) is 69.6 Å². The lowest BCUT2D eigenvalue weighted by atomic mass is 9.87. The molecule has 0 spiro atoms. The zero-order chi connectivity index (χ0) is 28.9. The second kappa shape index (κ2) is 11.0. The number of amides is 1. The van der Waals surface area contributed by atoms with E-state index in [4.69, 9.17) is 16.3 Å². The Kier molecular flexibility index (Phi) is 7.65. The number of ether oxygens (including phenoxy) is 1. The van der Waals surface area contributed by atoms with Crippen molar-refractivity contribution in [1.29, 1.82) is 0 Å². The smallest absolute Gasteiger partial charge is 0.269 e. The van der Waals surface area contributed by atoms with Crippen LogP contribution in [0.1, 0.15) is 36.0 Å². The highest BCUT2D eigenvalue weighted by Crippen LogP contribution is 2.53. The summed E-state index contributed by atoms with van der Waals surface area (Å²) in [4.78, 5) is 23.1. The fourth-order valence-electron chi connectivity index (χ4n) is 5.96. The van der Waals surface area contributed by atoms with E-state index < -0.39 is 10.0 Å². The SMILES string of the molecule is CC(C)(C)c1ccc(S(=O)(=O)N2CC3C(CN(C(=O)c4sccc4Cl)c4ccc(N5CCOCC5)nc4)C3C2)cc1. The summed E-state index contributed by atoms with van der Waals surface area (Å²) in [6.45, 7) is 10.7. The molecule has 4 heterocycles. The van der Waals surface area contributed by atoms with Crippen molar-refractivity contribution in [2.24, 2.45) is 17.8 Å². The van der Waals surface area contributed by atoms with Crippen LogP contribution in [0.3, 0.4) is 0 Å². The van der Waals surface area contributed by atoms with Gasteiger partial charge in [-0.3, -0.25) is 4.79 Å². The number of anilines is 2. The number of carbonyl (C=O) groups excluding carboxylic acids is 1. The van der Waals surface area contributed by atoms with Gasteiger partial charge < -0.3 is 14.5 Å². The van der Waals surface area contributed by atoms with Crippen LogP contribution < -0.4 is 9.80 Å². The van der Waals surface area contributed by atoms with E-state index in [1.807, 2.05) is 29.6 Å². The van der Waals surface area contributed by atoms with Crippen LogP contribution in [0.5, 0.6) is 0 Å². The lowest BCUT2D eigenvalue weighted by Crippen LogP contribution is -2.37. The predicted octanol–water partition coefficient (Wildman–Crippen LogP) is 5.14. The van der Waals surface area contributed by atoms with E-state index in [1.54, 1.807) is 33.6 Å². The minimum atomic E-state index is -3.57. The quantitative estimate of drug-likeness (QED) is 0.366. The number of carbonyl (C=O) groups is 1. The molecule has 3 fully saturated rings. The molecule has 1 amide bonds. The Morgan fingerprint density at radius 1 is 1.07 bits per heavy atom. The van der Waals surface area contributed by atoms with E-state index >= 15 is 0 Å². The summed E-state index contributed by atoms with van der Waals surface area (Å²) in [7, 11) is -3.57. The highest BCUT2D eigenvalue weighted by molar-refractivity contribution is 7.89. The Morgan fingerprint density at radius 2 is 1.76 bits per heavy atom. The second-order valence-electron chi connectivity index (χ2n) is 12.1. The predicted molar refractivity (Wildman–Crippen MR) is 163 cm³/mol. The monoisotopic (exact) mass is 614 g/mol. The largest absolute Gasteiger partial charge is 0.378 e. The first-order chi connectivity index (χ1) is 19.5. The van der Waals surface area contributed by atoms with Gasteiger partial charge in [0.2, 0.25) is 10.0 Å². The molecule has 1 saturated carbocycles.